The number of carbonyl (C=O) groups excluding carboxylic acids is 2. The summed E-state index contributed by atoms with van der Waals surface area (Å²) in [4.78, 5) is 38.0. The smallest absolute Gasteiger partial charge is 0.256 e. The molecule has 0 aliphatic heterocycles. The van der Waals surface area contributed by atoms with Crippen molar-refractivity contribution >= 4 is 34.4 Å². The normalized spacial score (nSPS) is 27.0. The van der Waals surface area contributed by atoms with Gasteiger partial charge in [0.25, 0.3) is 5.91 Å². The molecule has 198 valence electrons. The summed E-state index contributed by atoms with van der Waals surface area (Å²) in [7, 11) is 0. The molecular formula is C30H29N5O4. The number of nitrogens with zero attached hydrogens (tertiary/aromatic N) is 2. The summed E-state index contributed by atoms with van der Waals surface area (Å²) in [6.45, 7) is 0. The summed E-state index contributed by atoms with van der Waals surface area (Å²) >= 11 is 0. The number of benzene rings is 2. The number of amides is 2. The van der Waals surface area contributed by atoms with Crippen LogP contribution in [-0.4, -0.2) is 42.6 Å². The van der Waals surface area contributed by atoms with Crippen molar-refractivity contribution < 1.29 is 19.8 Å². The van der Waals surface area contributed by atoms with Crippen molar-refractivity contribution in [2.75, 3.05) is 10.6 Å². The van der Waals surface area contributed by atoms with E-state index in [9.17, 15) is 19.8 Å². The van der Waals surface area contributed by atoms with Gasteiger partial charge in [0.15, 0.2) is 0 Å². The Morgan fingerprint density at radius 1 is 0.974 bits per heavy atom. The molecule has 8 rings (SSSR count). The second-order valence-electron chi connectivity index (χ2n) is 11.6. The van der Waals surface area contributed by atoms with Crippen molar-refractivity contribution in [1.29, 1.82) is 0 Å². The standard InChI is InChI=1S/C30H29N5O4/c36-24-11-20(32-28(38)29-12-17-9-18(13-29)15-30(39,14-17)16-29)5-6-21(24)26-33-22-7-4-19(10-23(22)34-26)27(37)35-25-3-1-2-8-31-25/h1-8,10-11,17-18,36,39H,9,12-16H2,(H,32,38)(H,33,34)(H,31,35,37). The van der Waals surface area contributed by atoms with Crippen LogP contribution in [0.25, 0.3) is 22.4 Å². The Balaban J connectivity index is 1.09. The number of aromatic nitrogens is 3. The van der Waals surface area contributed by atoms with Crippen molar-refractivity contribution in [3.05, 3.63) is 66.4 Å². The number of imidazole rings is 1. The molecule has 9 nitrogen and oxygen atoms in total. The highest BCUT2D eigenvalue weighted by molar-refractivity contribution is 6.05. The van der Waals surface area contributed by atoms with Crippen LogP contribution in [0.3, 0.4) is 0 Å². The minimum atomic E-state index is -0.715. The lowest BCUT2D eigenvalue weighted by atomic mass is 9.47. The molecule has 4 aromatic rings. The van der Waals surface area contributed by atoms with E-state index in [1.54, 1.807) is 54.7 Å². The zero-order chi connectivity index (χ0) is 26.8. The molecule has 2 atom stereocenters. The first-order chi connectivity index (χ1) is 18.8. The Morgan fingerprint density at radius 2 is 1.79 bits per heavy atom. The molecule has 2 heterocycles. The lowest BCUT2D eigenvalue weighted by Crippen LogP contribution is -2.59. The fourth-order valence-electron chi connectivity index (χ4n) is 7.45. The SMILES string of the molecule is O=C(Nc1ccccn1)c1ccc2[nH]c(-c3ccc(NC(=O)C45CC6CC(CC(O)(C6)C4)C5)cc3O)nc2c1. The van der Waals surface area contributed by atoms with Gasteiger partial charge in [0.1, 0.15) is 17.4 Å². The molecular weight excluding hydrogens is 494 g/mol. The zero-order valence-electron chi connectivity index (χ0n) is 21.3. The number of aromatic amines is 1. The number of nitrogens with one attached hydrogen (secondary N) is 3. The predicted octanol–water partition coefficient (Wildman–Crippen LogP) is 4.85. The third-order valence-corrected chi connectivity index (χ3v) is 8.67. The fourth-order valence-corrected chi connectivity index (χ4v) is 7.45. The number of phenolic OH excluding ortho intramolecular Hbond substituents is 1. The quantitative estimate of drug-likeness (QED) is 0.253. The summed E-state index contributed by atoms with van der Waals surface area (Å²) in [6, 6.07) is 15.4. The van der Waals surface area contributed by atoms with E-state index in [1.807, 2.05) is 0 Å². The van der Waals surface area contributed by atoms with E-state index in [4.69, 9.17) is 0 Å². The van der Waals surface area contributed by atoms with Crippen LogP contribution in [0.4, 0.5) is 11.5 Å². The molecule has 4 aliphatic rings. The van der Waals surface area contributed by atoms with Gasteiger partial charge in [0, 0.05) is 23.5 Å². The summed E-state index contributed by atoms with van der Waals surface area (Å²) in [5.41, 5.74) is 1.47. The van der Waals surface area contributed by atoms with Crippen molar-refractivity contribution in [2.45, 2.75) is 44.1 Å². The van der Waals surface area contributed by atoms with Crippen LogP contribution in [0.1, 0.15) is 48.9 Å². The lowest BCUT2D eigenvalue weighted by molar-refractivity contribution is -0.174. The van der Waals surface area contributed by atoms with Gasteiger partial charge < -0.3 is 25.8 Å². The molecule has 2 unspecified atom stereocenters. The number of fused-ring (bicyclic) bond motifs is 1. The summed E-state index contributed by atoms with van der Waals surface area (Å²) < 4.78 is 0. The molecule has 39 heavy (non-hydrogen) atoms. The zero-order valence-corrected chi connectivity index (χ0v) is 21.3. The second-order valence-corrected chi connectivity index (χ2v) is 11.6. The monoisotopic (exact) mass is 523 g/mol. The first kappa shape index (κ1) is 23.8. The number of aromatic hydroxyl groups is 1. The molecule has 5 N–H and O–H groups in total. The predicted molar refractivity (Wildman–Crippen MR) is 146 cm³/mol. The Kier molecular flexibility index (Phi) is 5.28. The number of hydrogen-bond donors (Lipinski definition) is 5. The first-order valence-corrected chi connectivity index (χ1v) is 13.4. The molecule has 0 spiro atoms. The van der Waals surface area contributed by atoms with Crippen LogP contribution in [0.15, 0.2) is 60.8 Å². The van der Waals surface area contributed by atoms with Crippen LogP contribution < -0.4 is 10.6 Å². The van der Waals surface area contributed by atoms with Gasteiger partial charge in [-0.05, 0) is 92.8 Å². The molecule has 4 saturated carbocycles. The Morgan fingerprint density at radius 3 is 2.51 bits per heavy atom. The van der Waals surface area contributed by atoms with E-state index in [-0.39, 0.29) is 17.6 Å². The number of H-pyrrole nitrogens is 1. The van der Waals surface area contributed by atoms with Gasteiger partial charge in [0.2, 0.25) is 5.91 Å². The fraction of sp³-hybridized carbons (Fsp3) is 0.333. The van der Waals surface area contributed by atoms with Crippen LogP contribution in [0.2, 0.25) is 0 Å². The van der Waals surface area contributed by atoms with Gasteiger partial charge in [0.05, 0.1) is 27.6 Å². The minimum absolute atomic E-state index is 0.0240. The third-order valence-electron chi connectivity index (χ3n) is 8.67. The molecule has 0 radical (unpaired) electrons. The number of anilines is 2. The molecule has 2 amide bonds. The molecule has 9 heteroatoms. The van der Waals surface area contributed by atoms with E-state index in [0.29, 0.717) is 52.2 Å². The molecule has 4 fully saturated rings. The third kappa shape index (κ3) is 4.23. The van der Waals surface area contributed by atoms with E-state index in [0.717, 1.165) is 37.6 Å². The maximum Gasteiger partial charge on any atom is 0.256 e. The van der Waals surface area contributed by atoms with Gasteiger partial charge in [-0.15, -0.1) is 0 Å². The van der Waals surface area contributed by atoms with Gasteiger partial charge in [-0.1, -0.05) is 6.07 Å². The van der Waals surface area contributed by atoms with E-state index >= 15 is 0 Å². The van der Waals surface area contributed by atoms with Crippen molar-refractivity contribution in [3.8, 4) is 17.1 Å². The number of pyridine rings is 1. The highest BCUT2D eigenvalue weighted by atomic mass is 16.3. The number of carbonyl (C=O) groups is 2. The van der Waals surface area contributed by atoms with Gasteiger partial charge in [-0.25, -0.2) is 9.97 Å². The molecule has 4 bridgehead atoms. The number of phenols is 1. The first-order valence-electron chi connectivity index (χ1n) is 13.4. The van der Waals surface area contributed by atoms with Crippen LogP contribution >= 0.6 is 0 Å². The number of aliphatic hydroxyl groups is 1. The van der Waals surface area contributed by atoms with Gasteiger partial charge in [-0.3, -0.25) is 9.59 Å². The Bertz CT molecular complexity index is 1600. The van der Waals surface area contributed by atoms with Crippen LogP contribution in [0.5, 0.6) is 5.75 Å². The van der Waals surface area contributed by atoms with Gasteiger partial charge >= 0.3 is 0 Å². The lowest BCUT2D eigenvalue weighted by Gasteiger charge is -2.59. The Hall–Kier alpha value is -4.24. The average molecular weight is 524 g/mol. The summed E-state index contributed by atoms with van der Waals surface area (Å²) in [5.74, 6) is 1.34. The summed E-state index contributed by atoms with van der Waals surface area (Å²) in [5, 5.41) is 27.6. The van der Waals surface area contributed by atoms with Crippen LogP contribution in [0, 0.1) is 17.3 Å². The Labute approximate surface area is 224 Å². The number of rotatable bonds is 5. The minimum Gasteiger partial charge on any atom is -0.507 e. The topological polar surface area (TPSA) is 140 Å². The maximum atomic E-state index is 13.4. The van der Waals surface area contributed by atoms with E-state index < -0.39 is 11.0 Å². The van der Waals surface area contributed by atoms with E-state index in [1.165, 1.54) is 6.07 Å². The maximum absolute atomic E-state index is 13.4. The molecule has 4 aliphatic carbocycles. The highest BCUT2D eigenvalue weighted by Crippen LogP contribution is 2.61. The largest absolute Gasteiger partial charge is 0.507 e. The average Bonchev–Trinajstić information content (AvgIpc) is 3.31. The molecule has 2 aromatic heterocycles. The summed E-state index contributed by atoms with van der Waals surface area (Å²) in [6.07, 6.45) is 6.49. The highest BCUT2D eigenvalue weighted by Gasteiger charge is 2.60. The molecule has 0 saturated heterocycles. The van der Waals surface area contributed by atoms with Gasteiger partial charge in [-0.2, -0.15) is 0 Å². The van der Waals surface area contributed by atoms with Crippen molar-refractivity contribution in [2.24, 2.45) is 17.3 Å². The van der Waals surface area contributed by atoms with Crippen LogP contribution in [-0.2, 0) is 4.79 Å². The molecule has 2 aromatic carbocycles. The van der Waals surface area contributed by atoms with Crippen molar-refractivity contribution in [3.63, 3.8) is 0 Å². The van der Waals surface area contributed by atoms with E-state index in [2.05, 4.69) is 25.6 Å². The van der Waals surface area contributed by atoms with Crippen molar-refractivity contribution in [1.82, 2.24) is 15.0 Å². The number of hydrogen-bond acceptors (Lipinski definition) is 6. The second kappa shape index (κ2) is 8.64.